The van der Waals surface area contributed by atoms with Crippen molar-refractivity contribution in [2.45, 2.75) is 35.4 Å². The van der Waals surface area contributed by atoms with Crippen LogP contribution in [-0.4, -0.2) is 40.2 Å². The Hall–Kier alpha value is -1.58. The standard InChI is InChI=1S/C17H21N3O3S3/c1-3-5-10-23-15(22)12-6-8-13(9-7-12)18-14(21)11-25-17-20-19-16(26-17)24-4-2/h6-9H,3-5,10-11H2,1-2H3,(H,18,21). The predicted molar refractivity (Wildman–Crippen MR) is 107 cm³/mol. The van der Waals surface area contributed by atoms with Crippen molar-refractivity contribution in [2.75, 3.05) is 23.4 Å². The van der Waals surface area contributed by atoms with Crippen molar-refractivity contribution in [1.82, 2.24) is 10.2 Å². The van der Waals surface area contributed by atoms with Crippen LogP contribution in [0.3, 0.4) is 0 Å². The lowest BCUT2D eigenvalue weighted by atomic mass is 10.2. The van der Waals surface area contributed by atoms with E-state index in [2.05, 4.69) is 22.4 Å². The minimum absolute atomic E-state index is 0.131. The summed E-state index contributed by atoms with van der Waals surface area (Å²) in [4.78, 5) is 23.9. The van der Waals surface area contributed by atoms with Crippen molar-refractivity contribution in [3.8, 4) is 0 Å². The van der Waals surface area contributed by atoms with Gasteiger partial charge in [0, 0.05) is 5.69 Å². The minimum atomic E-state index is -0.344. The van der Waals surface area contributed by atoms with Crippen LogP contribution in [0.2, 0.25) is 0 Å². The fraction of sp³-hybridized carbons (Fsp3) is 0.412. The zero-order valence-corrected chi connectivity index (χ0v) is 17.1. The second kappa shape index (κ2) is 11.2. The third kappa shape index (κ3) is 6.97. The Balaban J connectivity index is 1.78. The molecule has 1 amide bonds. The summed E-state index contributed by atoms with van der Waals surface area (Å²) in [6.07, 6.45) is 1.83. The second-order valence-corrected chi connectivity index (χ2v) is 8.88. The van der Waals surface area contributed by atoms with Crippen LogP contribution in [0.25, 0.3) is 0 Å². The molecule has 0 aliphatic carbocycles. The number of ether oxygens (including phenoxy) is 1. The van der Waals surface area contributed by atoms with Gasteiger partial charge in [-0.25, -0.2) is 4.79 Å². The predicted octanol–water partition coefficient (Wildman–Crippen LogP) is 4.34. The molecule has 1 heterocycles. The van der Waals surface area contributed by atoms with Crippen LogP contribution >= 0.6 is 34.9 Å². The van der Waals surface area contributed by atoms with Crippen molar-refractivity contribution in [1.29, 1.82) is 0 Å². The summed E-state index contributed by atoms with van der Waals surface area (Å²) < 4.78 is 6.85. The van der Waals surface area contributed by atoms with Crippen molar-refractivity contribution in [3.63, 3.8) is 0 Å². The molecule has 0 spiro atoms. The number of hydrogen-bond acceptors (Lipinski definition) is 8. The van der Waals surface area contributed by atoms with Crippen LogP contribution in [0.1, 0.15) is 37.0 Å². The molecular weight excluding hydrogens is 390 g/mol. The van der Waals surface area contributed by atoms with E-state index in [1.54, 1.807) is 36.0 Å². The van der Waals surface area contributed by atoms with Gasteiger partial charge >= 0.3 is 5.97 Å². The SMILES string of the molecule is CCCCOC(=O)c1ccc(NC(=O)CSc2nnc(SCC)s2)cc1. The van der Waals surface area contributed by atoms with Gasteiger partial charge in [0.2, 0.25) is 5.91 Å². The van der Waals surface area contributed by atoms with E-state index in [1.807, 2.05) is 6.92 Å². The molecule has 9 heteroatoms. The molecule has 0 saturated carbocycles. The van der Waals surface area contributed by atoms with Gasteiger partial charge in [-0.3, -0.25) is 4.79 Å². The summed E-state index contributed by atoms with van der Waals surface area (Å²) >= 11 is 4.49. The first-order valence-corrected chi connectivity index (χ1v) is 11.1. The second-order valence-electron chi connectivity index (χ2n) is 5.17. The lowest BCUT2D eigenvalue weighted by Gasteiger charge is -2.06. The molecule has 26 heavy (non-hydrogen) atoms. The largest absolute Gasteiger partial charge is 0.462 e. The highest BCUT2D eigenvalue weighted by Gasteiger charge is 2.10. The number of rotatable bonds is 10. The molecule has 2 aromatic rings. The van der Waals surface area contributed by atoms with Gasteiger partial charge < -0.3 is 10.1 Å². The molecule has 140 valence electrons. The van der Waals surface area contributed by atoms with Crippen LogP contribution in [0.4, 0.5) is 5.69 Å². The molecule has 1 aromatic carbocycles. The molecule has 0 bridgehead atoms. The van der Waals surface area contributed by atoms with E-state index in [1.165, 1.54) is 23.1 Å². The fourth-order valence-corrected chi connectivity index (χ4v) is 4.56. The Kier molecular flexibility index (Phi) is 8.93. The Bertz CT molecular complexity index is 720. The average molecular weight is 412 g/mol. The smallest absolute Gasteiger partial charge is 0.338 e. The normalized spacial score (nSPS) is 10.5. The highest BCUT2D eigenvalue weighted by Crippen LogP contribution is 2.28. The minimum Gasteiger partial charge on any atom is -0.462 e. The highest BCUT2D eigenvalue weighted by molar-refractivity contribution is 8.03. The van der Waals surface area contributed by atoms with E-state index in [-0.39, 0.29) is 17.6 Å². The Labute approximate surface area is 165 Å². The molecule has 0 aliphatic heterocycles. The first-order valence-electron chi connectivity index (χ1n) is 8.28. The first kappa shape index (κ1) is 20.7. The van der Waals surface area contributed by atoms with E-state index in [0.29, 0.717) is 17.9 Å². The lowest BCUT2D eigenvalue weighted by Crippen LogP contribution is -2.14. The third-order valence-electron chi connectivity index (χ3n) is 3.12. The van der Waals surface area contributed by atoms with Crippen LogP contribution in [0.15, 0.2) is 32.9 Å². The van der Waals surface area contributed by atoms with Crippen LogP contribution in [0, 0.1) is 0 Å². The number of nitrogens with zero attached hydrogens (tertiary/aromatic N) is 2. The fourth-order valence-electron chi connectivity index (χ4n) is 1.84. The van der Waals surface area contributed by atoms with Crippen LogP contribution in [-0.2, 0) is 9.53 Å². The van der Waals surface area contributed by atoms with Gasteiger partial charge in [-0.05, 0) is 36.4 Å². The molecule has 1 aromatic heterocycles. The Morgan fingerprint density at radius 3 is 2.46 bits per heavy atom. The maximum absolute atomic E-state index is 12.0. The summed E-state index contributed by atoms with van der Waals surface area (Å²) in [6.45, 7) is 4.52. The first-order chi connectivity index (χ1) is 12.6. The lowest BCUT2D eigenvalue weighted by molar-refractivity contribution is -0.113. The van der Waals surface area contributed by atoms with Crippen LogP contribution in [0.5, 0.6) is 0 Å². The monoisotopic (exact) mass is 411 g/mol. The number of nitrogens with one attached hydrogen (secondary N) is 1. The molecule has 2 rings (SSSR count). The van der Waals surface area contributed by atoms with Gasteiger partial charge in [0.15, 0.2) is 8.68 Å². The quantitative estimate of drug-likeness (QED) is 0.354. The highest BCUT2D eigenvalue weighted by atomic mass is 32.2. The van der Waals surface area contributed by atoms with Gasteiger partial charge in [-0.1, -0.05) is 55.1 Å². The van der Waals surface area contributed by atoms with E-state index in [0.717, 1.165) is 27.3 Å². The number of anilines is 1. The number of thioether (sulfide) groups is 2. The summed E-state index contributed by atoms with van der Waals surface area (Å²) in [5.41, 5.74) is 1.11. The van der Waals surface area contributed by atoms with E-state index >= 15 is 0 Å². The molecule has 0 fully saturated rings. The molecule has 0 aliphatic rings. The van der Waals surface area contributed by atoms with E-state index < -0.39 is 0 Å². The van der Waals surface area contributed by atoms with Crippen molar-refractivity contribution in [3.05, 3.63) is 29.8 Å². The Morgan fingerprint density at radius 1 is 1.12 bits per heavy atom. The maximum Gasteiger partial charge on any atom is 0.338 e. The number of carbonyl (C=O) groups excluding carboxylic acids is 2. The average Bonchev–Trinajstić information content (AvgIpc) is 3.09. The number of unbranched alkanes of at least 4 members (excludes halogenated alkanes) is 1. The number of amides is 1. The molecule has 6 nitrogen and oxygen atoms in total. The number of aromatic nitrogens is 2. The van der Waals surface area contributed by atoms with Gasteiger partial charge in [-0.15, -0.1) is 10.2 Å². The molecule has 0 atom stereocenters. The van der Waals surface area contributed by atoms with Gasteiger partial charge in [0.25, 0.3) is 0 Å². The number of carbonyl (C=O) groups is 2. The van der Waals surface area contributed by atoms with Crippen molar-refractivity contribution >= 4 is 52.4 Å². The zero-order valence-electron chi connectivity index (χ0n) is 14.7. The number of esters is 1. The number of hydrogen-bond donors (Lipinski definition) is 1. The van der Waals surface area contributed by atoms with Gasteiger partial charge in [0.1, 0.15) is 0 Å². The van der Waals surface area contributed by atoms with E-state index in [9.17, 15) is 9.59 Å². The molecule has 1 N–H and O–H groups in total. The maximum atomic E-state index is 12.0. The molecule has 0 saturated heterocycles. The summed E-state index contributed by atoms with van der Waals surface area (Å²) in [5.74, 6) is 0.728. The third-order valence-corrected chi connectivity index (χ3v) is 6.19. The van der Waals surface area contributed by atoms with E-state index in [4.69, 9.17) is 4.74 Å². The molecule has 0 unspecified atom stereocenters. The zero-order chi connectivity index (χ0) is 18.8. The topological polar surface area (TPSA) is 81.2 Å². The van der Waals surface area contributed by atoms with Crippen molar-refractivity contribution in [2.24, 2.45) is 0 Å². The van der Waals surface area contributed by atoms with Gasteiger partial charge in [0.05, 0.1) is 17.9 Å². The number of benzene rings is 1. The van der Waals surface area contributed by atoms with Crippen molar-refractivity contribution < 1.29 is 14.3 Å². The molecule has 0 radical (unpaired) electrons. The van der Waals surface area contributed by atoms with Crippen LogP contribution < -0.4 is 5.32 Å². The Morgan fingerprint density at radius 2 is 1.81 bits per heavy atom. The molecular formula is C17H21N3O3S3. The van der Waals surface area contributed by atoms with Gasteiger partial charge in [-0.2, -0.15) is 0 Å². The summed E-state index contributed by atoms with van der Waals surface area (Å²) in [7, 11) is 0. The summed E-state index contributed by atoms with van der Waals surface area (Å²) in [5, 5.41) is 10.9. The summed E-state index contributed by atoms with van der Waals surface area (Å²) in [6, 6.07) is 6.69.